The second kappa shape index (κ2) is 11.4. The predicted octanol–water partition coefficient (Wildman–Crippen LogP) is 4.34. The second-order valence-corrected chi connectivity index (χ2v) is 11.2. The minimum absolute atomic E-state index is 0.235. The lowest BCUT2D eigenvalue weighted by Crippen LogP contribution is -2.49. The average Bonchev–Trinajstić information content (AvgIpc) is 3.19. The van der Waals surface area contributed by atoms with Crippen LogP contribution in [0.5, 0.6) is 0 Å². The molecule has 39 heavy (non-hydrogen) atoms. The normalized spacial score (nSPS) is 17.0. The van der Waals surface area contributed by atoms with Gasteiger partial charge in [0.15, 0.2) is 0 Å². The van der Waals surface area contributed by atoms with Crippen molar-refractivity contribution < 1.29 is 14.3 Å². The number of pyridine rings is 1. The van der Waals surface area contributed by atoms with E-state index in [0.717, 1.165) is 22.9 Å². The molecule has 2 amide bonds. The van der Waals surface area contributed by atoms with Gasteiger partial charge < -0.3 is 14.5 Å². The summed E-state index contributed by atoms with van der Waals surface area (Å²) in [5.74, 6) is 0.167. The maximum Gasteiger partial charge on any atom is 0.409 e. The number of amides is 2. The Balaban J connectivity index is 1.51. The lowest BCUT2D eigenvalue weighted by atomic mass is 10.2. The van der Waals surface area contributed by atoms with Crippen molar-refractivity contribution in [3.63, 3.8) is 0 Å². The molecule has 2 aliphatic rings. The van der Waals surface area contributed by atoms with Gasteiger partial charge in [-0.2, -0.15) is 0 Å². The first kappa shape index (κ1) is 27.2. The summed E-state index contributed by atoms with van der Waals surface area (Å²) in [7, 11) is 0. The molecule has 0 spiro atoms. The number of hydrogen-bond acceptors (Lipinski definition) is 8. The van der Waals surface area contributed by atoms with E-state index in [1.807, 2.05) is 36.1 Å². The number of nitrogens with zero attached hydrogens (tertiary/aromatic N) is 5. The van der Waals surface area contributed by atoms with Crippen molar-refractivity contribution in [3.8, 4) is 0 Å². The topological polar surface area (TPSA) is 87.5 Å². The minimum Gasteiger partial charge on any atom is -0.450 e. The maximum absolute atomic E-state index is 13.8. The maximum atomic E-state index is 13.8. The zero-order valence-corrected chi connectivity index (χ0v) is 23.8. The lowest BCUT2D eigenvalue weighted by Gasteiger charge is -2.35. The Kier molecular flexibility index (Phi) is 7.92. The number of rotatable bonds is 5. The molecule has 0 unspecified atom stereocenters. The fourth-order valence-corrected chi connectivity index (χ4v) is 5.93. The molecule has 0 atom stereocenters. The van der Waals surface area contributed by atoms with Crippen molar-refractivity contribution in [2.24, 2.45) is 0 Å². The lowest BCUT2D eigenvalue weighted by molar-refractivity contribution is -0.122. The van der Waals surface area contributed by atoms with Crippen LogP contribution in [0.15, 0.2) is 52.3 Å². The Morgan fingerprint density at radius 2 is 1.90 bits per heavy atom. The number of aromatic nitrogens is 2. The number of carbonyl (C=O) groups excluding carboxylic acids is 2. The van der Waals surface area contributed by atoms with Crippen LogP contribution in [-0.2, 0) is 16.1 Å². The number of aryl methyl sites for hydroxylation is 1. The van der Waals surface area contributed by atoms with Gasteiger partial charge in [-0.05, 0) is 43.2 Å². The van der Waals surface area contributed by atoms with Crippen molar-refractivity contribution in [2.75, 3.05) is 37.7 Å². The molecule has 4 heterocycles. The summed E-state index contributed by atoms with van der Waals surface area (Å²) >= 11 is 13.0. The highest BCUT2D eigenvalue weighted by Crippen LogP contribution is 2.35. The van der Waals surface area contributed by atoms with Crippen LogP contribution in [-0.4, -0.2) is 68.3 Å². The molecule has 5 rings (SSSR count). The summed E-state index contributed by atoms with van der Waals surface area (Å²) in [4.78, 5) is 49.6. The zero-order chi connectivity index (χ0) is 27.7. The van der Waals surface area contributed by atoms with Crippen LogP contribution in [0.25, 0.3) is 11.7 Å². The van der Waals surface area contributed by atoms with Crippen LogP contribution in [0, 0.1) is 6.92 Å². The van der Waals surface area contributed by atoms with Crippen LogP contribution in [0.1, 0.15) is 23.6 Å². The highest BCUT2D eigenvalue weighted by Gasteiger charge is 2.34. The minimum atomic E-state index is -0.360. The number of benzene rings is 1. The first-order valence-corrected chi connectivity index (χ1v) is 14.1. The van der Waals surface area contributed by atoms with Gasteiger partial charge in [-0.15, -0.1) is 0 Å². The second-order valence-electron chi connectivity index (χ2n) is 9.12. The molecule has 0 N–H and O–H groups in total. The number of thioether (sulfide) groups is 1. The molecule has 0 bridgehead atoms. The quantitative estimate of drug-likeness (QED) is 0.324. The SMILES string of the molecule is CCOC(=O)N1CCN(c2nc3ccc(C)cn3c(=O)c2/C=C2/SC(=S)N(Cc3ccccc3Cl)C2=O)CC1. The van der Waals surface area contributed by atoms with Crippen LogP contribution >= 0.6 is 35.6 Å². The molecular weight excluding hydrogens is 558 g/mol. The molecule has 0 aliphatic carbocycles. The standard InChI is InChI=1S/C27H26ClN5O4S2/c1-3-37-26(36)31-12-10-30(11-13-31)23-19(24(34)32-15-17(2)8-9-22(32)29-23)14-21-25(35)33(27(38)39-21)16-18-6-4-5-7-20(18)28/h4-9,14-15H,3,10-13,16H2,1-2H3/b21-14+. The molecule has 0 radical (unpaired) electrons. The third-order valence-electron chi connectivity index (χ3n) is 6.53. The van der Waals surface area contributed by atoms with Gasteiger partial charge in [-0.25, -0.2) is 9.78 Å². The fourth-order valence-electron chi connectivity index (χ4n) is 4.49. The summed E-state index contributed by atoms with van der Waals surface area (Å²) in [6.07, 6.45) is 2.96. The molecule has 0 saturated carbocycles. The van der Waals surface area contributed by atoms with E-state index in [-0.39, 0.29) is 24.1 Å². The number of anilines is 1. The zero-order valence-electron chi connectivity index (χ0n) is 21.4. The summed E-state index contributed by atoms with van der Waals surface area (Å²) in [6, 6.07) is 11.0. The first-order valence-electron chi connectivity index (χ1n) is 12.4. The van der Waals surface area contributed by atoms with E-state index in [9.17, 15) is 14.4 Å². The summed E-state index contributed by atoms with van der Waals surface area (Å²) in [6.45, 7) is 5.97. The summed E-state index contributed by atoms with van der Waals surface area (Å²) in [5, 5.41) is 0.548. The van der Waals surface area contributed by atoms with E-state index in [1.54, 1.807) is 36.2 Å². The number of halogens is 1. The Bertz CT molecular complexity index is 1570. The number of hydrogen-bond donors (Lipinski definition) is 0. The van der Waals surface area contributed by atoms with Gasteiger partial charge in [0.2, 0.25) is 0 Å². The van der Waals surface area contributed by atoms with Gasteiger partial charge in [0.05, 0.1) is 23.6 Å². The van der Waals surface area contributed by atoms with Crippen LogP contribution in [0.3, 0.4) is 0 Å². The third-order valence-corrected chi connectivity index (χ3v) is 8.27. The number of fused-ring (bicyclic) bond motifs is 1. The van der Waals surface area contributed by atoms with Gasteiger partial charge in [-0.1, -0.05) is 59.8 Å². The fraction of sp³-hybridized carbons (Fsp3) is 0.296. The van der Waals surface area contributed by atoms with E-state index < -0.39 is 0 Å². The first-order chi connectivity index (χ1) is 18.8. The highest BCUT2D eigenvalue weighted by molar-refractivity contribution is 8.26. The number of piperazine rings is 1. The molecular formula is C27H26ClN5O4S2. The Labute approximate surface area is 240 Å². The third kappa shape index (κ3) is 5.52. The van der Waals surface area contributed by atoms with Gasteiger partial charge in [-0.3, -0.25) is 18.9 Å². The van der Waals surface area contributed by atoms with Gasteiger partial charge >= 0.3 is 6.09 Å². The van der Waals surface area contributed by atoms with E-state index in [4.69, 9.17) is 33.5 Å². The number of carbonyl (C=O) groups is 2. The smallest absolute Gasteiger partial charge is 0.409 e. The van der Waals surface area contributed by atoms with Crippen molar-refractivity contribution in [3.05, 3.63) is 79.6 Å². The van der Waals surface area contributed by atoms with E-state index in [1.165, 1.54) is 9.30 Å². The average molecular weight is 584 g/mol. The molecule has 2 aliphatic heterocycles. The van der Waals surface area contributed by atoms with Crippen LogP contribution in [0.4, 0.5) is 10.6 Å². The van der Waals surface area contributed by atoms with Gasteiger partial charge in [0.25, 0.3) is 11.5 Å². The summed E-state index contributed by atoms with van der Waals surface area (Å²) < 4.78 is 7.01. The van der Waals surface area contributed by atoms with Gasteiger partial charge in [0.1, 0.15) is 15.8 Å². The highest BCUT2D eigenvalue weighted by atomic mass is 35.5. The van der Waals surface area contributed by atoms with Crippen LogP contribution < -0.4 is 10.5 Å². The largest absolute Gasteiger partial charge is 0.450 e. The predicted molar refractivity (Wildman–Crippen MR) is 157 cm³/mol. The molecule has 1 aromatic carbocycles. The van der Waals surface area contributed by atoms with E-state index >= 15 is 0 Å². The van der Waals surface area contributed by atoms with Gasteiger partial charge in [0, 0.05) is 37.4 Å². The van der Waals surface area contributed by atoms with Crippen LogP contribution in [0.2, 0.25) is 5.02 Å². The molecule has 202 valence electrons. The molecule has 2 aromatic heterocycles. The van der Waals surface area contributed by atoms with Crippen molar-refractivity contribution >= 4 is 69.4 Å². The molecule has 9 nitrogen and oxygen atoms in total. The number of ether oxygens (including phenoxy) is 1. The Morgan fingerprint density at radius 1 is 1.15 bits per heavy atom. The monoisotopic (exact) mass is 583 g/mol. The Hall–Kier alpha value is -3.41. The summed E-state index contributed by atoms with van der Waals surface area (Å²) in [5.41, 5.74) is 2.18. The van der Waals surface area contributed by atoms with E-state index in [0.29, 0.717) is 64.1 Å². The molecule has 2 fully saturated rings. The van der Waals surface area contributed by atoms with E-state index in [2.05, 4.69) is 0 Å². The number of thiocarbonyl (C=S) groups is 1. The molecule has 3 aromatic rings. The molecule has 12 heteroatoms. The Morgan fingerprint density at radius 3 is 2.62 bits per heavy atom. The van der Waals surface area contributed by atoms with Crippen molar-refractivity contribution in [1.82, 2.24) is 19.2 Å². The van der Waals surface area contributed by atoms with Crippen molar-refractivity contribution in [2.45, 2.75) is 20.4 Å². The van der Waals surface area contributed by atoms with Crippen molar-refractivity contribution in [1.29, 1.82) is 0 Å². The molecule has 2 saturated heterocycles.